The number of sulfonamides is 1. The van der Waals surface area contributed by atoms with Crippen molar-refractivity contribution >= 4 is 10.0 Å². The van der Waals surface area contributed by atoms with Crippen molar-refractivity contribution in [1.82, 2.24) is 9.62 Å². The number of hydrogen-bond donors (Lipinski definition) is 1. The molecule has 0 bridgehead atoms. The maximum absolute atomic E-state index is 12.6. The second kappa shape index (κ2) is 7.38. The number of likely N-dealkylation sites (N-methyl/N-ethyl adjacent to an activating group) is 1. The highest BCUT2D eigenvalue weighted by Gasteiger charge is 2.27. The third kappa shape index (κ3) is 4.53. The van der Waals surface area contributed by atoms with Gasteiger partial charge >= 0.3 is 0 Å². The molecule has 1 aromatic carbocycles. The third-order valence-corrected chi connectivity index (χ3v) is 6.28. The summed E-state index contributed by atoms with van der Waals surface area (Å²) in [4.78, 5) is 0. The van der Waals surface area contributed by atoms with Crippen molar-refractivity contribution in [3.63, 3.8) is 0 Å². The largest absolute Gasteiger partial charge is 0.313 e. The lowest BCUT2D eigenvalue weighted by Crippen LogP contribution is -2.42. The van der Waals surface area contributed by atoms with Crippen LogP contribution in [0.3, 0.4) is 0 Å². The zero-order valence-electron chi connectivity index (χ0n) is 13.0. The third-order valence-electron chi connectivity index (χ3n) is 4.16. The van der Waals surface area contributed by atoms with E-state index in [0.29, 0.717) is 19.1 Å². The molecule has 1 heterocycles. The van der Waals surface area contributed by atoms with Gasteiger partial charge < -0.3 is 5.32 Å². The predicted molar refractivity (Wildman–Crippen MR) is 86.9 cm³/mol. The maximum Gasteiger partial charge on any atom is 0.214 e. The van der Waals surface area contributed by atoms with Gasteiger partial charge in [0.05, 0.1) is 5.75 Å². The fourth-order valence-electron chi connectivity index (χ4n) is 2.90. The number of benzene rings is 1. The van der Waals surface area contributed by atoms with Crippen molar-refractivity contribution in [1.29, 1.82) is 0 Å². The molecule has 0 spiro atoms. The van der Waals surface area contributed by atoms with E-state index in [1.807, 2.05) is 44.2 Å². The van der Waals surface area contributed by atoms with Crippen LogP contribution in [0.1, 0.15) is 38.2 Å². The van der Waals surface area contributed by atoms with Crippen LogP contribution >= 0.6 is 0 Å². The smallest absolute Gasteiger partial charge is 0.214 e. The summed E-state index contributed by atoms with van der Waals surface area (Å²) in [6.45, 7) is 6.04. The number of nitrogens with zero attached hydrogens (tertiary/aromatic N) is 1. The molecule has 5 heteroatoms. The summed E-state index contributed by atoms with van der Waals surface area (Å²) in [5.74, 6) is 0.194. The Morgan fingerprint density at radius 1 is 1.33 bits per heavy atom. The van der Waals surface area contributed by atoms with Gasteiger partial charge in [-0.05, 0) is 30.9 Å². The Balaban J connectivity index is 2.01. The van der Waals surface area contributed by atoms with E-state index in [1.54, 1.807) is 4.31 Å². The van der Waals surface area contributed by atoms with Gasteiger partial charge in [-0.2, -0.15) is 0 Å². The summed E-state index contributed by atoms with van der Waals surface area (Å²) in [7, 11) is -3.21. The van der Waals surface area contributed by atoms with E-state index in [-0.39, 0.29) is 11.7 Å². The Kier molecular flexibility index (Phi) is 5.79. The highest BCUT2D eigenvalue weighted by Crippen LogP contribution is 2.19. The first kappa shape index (κ1) is 16.5. The first-order valence-corrected chi connectivity index (χ1v) is 9.40. The summed E-state index contributed by atoms with van der Waals surface area (Å²) in [5.41, 5.74) is 1.08. The Hall–Kier alpha value is -0.910. The van der Waals surface area contributed by atoms with Crippen LogP contribution < -0.4 is 5.32 Å². The summed E-state index contributed by atoms with van der Waals surface area (Å²) in [5, 5.41) is 3.37. The Morgan fingerprint density at radius 3 is 2.62 bits per heavy atom. The van der Waals surface area contributed by atoms with Gasteiger partial charge in [0.25, 0.3) is 0 Å². The first-order chi connectivity index (χ1) is 10.0. The van der Waals surface area contributed by atoms with E-state index in [1.165, 1.54) is 0 Å². The maximum atomic E-state index is 12.6. The summed E-state index contributed by atoms with van der Waals surface area (Å²) < 4.78 is 26.9. The van der Waals surface area contributed by atoms with Gasteiger partial charge in [0, 0.05) is 19.1 Å². The zero-order chi connectivity index (χ0) is 15.3. The molecule has 1 aliphatic rings. The lowest BCUT2D eigenvalue weighted by Gasteiger charge is -2.25. The van der Waals surface area contributed by atoms with E-state index < -0.39 is 10.0 Å². The quantitative estimate of drug-likeness (QED) is 0.840. The van der Waals surface area contributed by atoms with Crippen LogP contribution in [-0.4, -0.2) is 44.2 Å². The molecular formula is C16H26N2O2S. The molecule has 0 saturated carbocycles. The van der Waals surface area contributed by atoms with Crippen LogP contribution in [0.4, 0.5) is 0 Å². The molecule has 1 aliphatic heterocycles. The molecule has 0 radical (unpaired) electrons. The molecule has 0 aliphatic carbocycles. The Bertz CT molecular complexity index is 524. The van der Waals surface area contributed by atoms with Crippen molar-refractivity contribution in [3.05, 3.63) is 35.9 Å². The number of rotatable bonds is 7. The van der Waals surface area contributed by atoms with E-state index in [9.17, 15) is 8.42 Å². The molecule has 2 rings (SSSR count). The standard InChI is InChI=1S/C16H26N2O2S/c1-3-18(12-16-10-7-11-17-16)21(19,20)13-14(2)15-8-5-4-6-9-15/h4-6,8-9,14,16-17H,3,7,10-13H2,1-2H3. The van der Waals surface area contributed by atoms with Crippen molar-refractivity contribution in [2.75, 3.05) is 25.4 Å². The van der Waals surface area contributed by atoms with Gasteiger partial charge in [-0.15, -0.1) is 0 Å². The van der Waals surface area contributed by atoms with Gasteiger partial charge in [-0.3, -0.25) is 0 Å². The normalized spacial score (nSPS) is 20.8. The van der Waals surface area contributed by atoms with Crippen molar-refractivity contribution < 1.29 is 8.42 Å². The van der Waals surface area contributed by atoms with Crippen molar-refractivity contribution in [2.24, 2.45) is 0 Å². The van der Waals surface area contributed by atoms with Crippen molar-refractivity contribution in [3.8, 4) is 0 Å². The minimum atomic E-state index is -3.21. The van der Waals surface area contributed by atoms with Crippen LogP contribution in [-0.2, 0) is 10.0 Å². The number of hydrogen-bond acceptors (Lipinski definition) is 3. The van der Waals surface area contributed by atoms with E-state index in [2.05, 4.69) is 5.32 Å². The Labute approximate surface area is 128 Å². The highest BCUT2D eigenvalue weighted by atomic mass is 32.2. The minimum Gasteiger partial charge on any atom is -0.313 e. The van der Waals surface area contributed by atoms with Gasteiger partial charge in [-0.25, -0.2) is 12.7 Å². The van der Waals surface area contributed by atoms with Crippen LogP contribution in [0, 0.1) is 0 Å². The monoisotopic (exact) mass is 310 g/mol. The van der Waals surface area contributed by atoms with Crippen LogP contribution in [0.5, 0.6) is 0 Å². The first-order valence-electron chi connectivity index (χ1n) is 7.79. The summed E-state index contributed by atoms with van der Waals surface area (Å²) in [6, 6.07) is 10.2. The molecule has 1 saturated heterocycles. The molecule has 2 unspecified atom stereocenters. The van der Waals surface area contributed by atoms with Gasteiger partial charge in [0.2, 0.25) is 10.0 Å². The van der Waals surface area contributed by atoms with Gasteiger partial charge in [0.1, 0.15) is 0 Å². The highest BCUT2D eigenvalue weighted by molar-refractivity contribution is 7.89. The van der Waals surface area contributed by atoms with Crippen molar-refractivity contribution in [2.45, 2.75) is 38.6 Å². The van der Waals surface area contributed by atoms with Gasteiger partial charge in [-0.1, -0.05) is 44.2 Å². The van der Waals surface area contributed by atoms with Crippen LogP contribution in [0.15, 0.2) is 30.3 Å². The summed E-state index contributed by atoms with van der Waals surface area (Å²) >= 11 is 0. The van der Waals surface area contributed by atoms with E-state index in [4.69, 9.17) is 0 Å². The molecule has 1 N–H and O–H groups in total. The van der Waals surface area contributed by atoms with E-state index >= 15 is 0 Å². The Morgan fingerprint density at radius 2 is 2.05 bits per heavy atom. The average molecular weight is 310 g/mol. The van der Waals surface area contributed by atoms with Gasteiger partial charge in [0.15, 0.2) is 0 Å². The zero-order valence-corrected chi connectivity index (χ0v) is 13.8. The van der Waals surface area contributed by atoms with Crippen LogP contribution in [0.2, 0.25) is 0 Å². The second-order valence-corrected chi connectivity index (χ2v) is 7.85. The fourth-order valence-corrected chi connectivity index (χ4v) is 4.73. The molecular weight excluding hydrogens is 284 g/mol. The number of nitrogens with one attached hydrogen (secondary N) is 1. The summed E-state index contributed by atoms with van der Waals surface area (Å²) in [6.07, 6.45) is 2.21. The second-order valence-electron chi connectivity index (χ2n) is 5.83. The van der Waals surface area contributed by atoms with E-state index in [0.717, 1.165) is 24.9 Å². The molecule has 1 fully saturated rings. The molecule has 0 aromatic heterocycles. The minimum absolute atomic E-state index is 0.0155. The molecule has 2 atom stereocenters. The molecule has 0 amide bonds. The fraction of sp³-hybridized carbons (Fsp3) is 0.625. The average Bonchev–Trinajstić information content (AvgIpc) is 2.98. The SMILES string of the molecule is CCN(CC1CCCN1)S(=O)(=O)CC(C)c1ccccc1. The molecule has 118 valence electrons. The molecule has 21 heavy (non-hydrogen) atoms. The molecule has 4 nitrogen and oxygen atoms in total. The topological polar surface area (TPSA) is 49.4 Å². The predicted octanol–water partition coefficient (Wildman–Crippen LogP) is 2.19. The van der Waals surface area contributed by atoms with Crippen LogP contribution in [0.25, 0.3) is 0 Å². The molecule has 1 aromatic rings. The lowest BCUT2D eigenvalue weighted by atomic mass is 10.0. The lowest BCUT2D eigenvalue weighted by molar-refractivity contribution is 0.381.